The Morgan fingerprint density at radius 3 is 2.55 bits per heavy atom. The predicted molar refractivity (Wildman–Crippen MR) is 122 cm³/mol. The predicted octanol–water partition coefficient (Wildman–Crippen LogP) is 4.43. The van der Waals surface area contributed by atoms with E-state index in [0.29, 0.717) is 17.1 Å². The second-order valence-corrected chi connectivity index (χ2v) is 9.84. The fourth-order valence-electron chi connectivity index (χ4n) is 3.82. The highest BCUT2D eigenvalue weighted by molar-refractivity contribution is 7.89. The van der Waals surface area contributed by atoms with E-state index in [-0.39, 0.29) is 10.9 Å². The zero-order chi connectivity index (χ0) is 21.8. The molecule has 0 amide bonds. The van der Waals surface area contributed by atoms with E-state index in [2.05, 4.69) is 33.9 Å². The van der Waals surface area contributed by atoms with E-state index in [1.54, 1.807) is 12.1 Å². The number of likely N-dealkylation sites (tertiary alicyclic amines) is 1. The Morgan fingerprint density at radius 2 is 1.81 bits per heavy atom. The summed E-state index contributed by atoms with van der Waals surface area (Å²) < 4.78 is 28.1. The molecule has 1 aliphatic heterocycles. The molecule has 31 heavy (non-hydrogen) atoms. The number of halogens is 1. The fraction of sp³-hybridized carbons (Fsp3) is 0.208. The Labute approximate surface area is 187 Å². The van der Waals surface area contributed by atoms with Crippen molar-refractivity contribution in [1.82, 2.24) is 9.62 Å². The second kappa shape index (κ2) is 9.21. The first-order valence-corrected chi connectivity index (χ1v) is 11.9. The number of rotatable bonds is 6. The SMILES string of the molecule is N#Cc1cccc(S(=O)(=O)N[C@@H]2CCN(Cc3ccc(-c4cccc(Cl)c4)cc3)C2)c1. The van der Waals surface area contributed by atoms with Crippen LogP contribution in [0.4, 0.5) is 0 Å². The van der Waals surface area contributed by atoms with Gasteiger partial charge in [0.05, 0.1) is 16.5 Å². The third kappa shape index (κ3) is 5.33. The molecule has 1 atom stereocenters. The molecule has 0 bridgehead atoms. The first-order chi connectivity index (χ1) is 14.9. The highest BCUT2D eigenvalue weighted by atomic mass is 35.5. The molecule has 1 saturated heterocycles. The standard InChI is InChI=1S/C24H22ClN3O2S/c25-22-5-2-4-21(14-22)20-9-7-18(8-10-20)16-28-12-11-23(17-28)27-31(29,30)24-6-1-3-19(13-24)15-26/h1-10,13-14,23,27H,11-12,16-17H2/t23-/m1/s1. The van der Waals surface area contributed by atoms with Crippen LogP contribution in [0.15, 0.2) is 77.7 Å². The van der Waals surface area contributed by atoms with Crippen LogP contribution in [0.1, 0.15) is 17.5 Å². The number of hydrogen-bond acceptors (Lipinski definition) is 4. The summed E-state index contributed by atoms with van der Waals surface area (Å²) in [6, 6.07) is 24.0. The highest BCUT2D eigenvalue weighted by Crippen LogP contribution is 2.24. The number of nitrogens with one attached hydrogen (secondary N) is 1. The van der Waals surface area contributed by atoms with Gasteiger partial charge in [-0.3, -0.25) is 4.90 Å². The smallest absolute Gasteiger partial charge is 0.240 e. The van der Waals surface area contributed by atoms with E-state index in [0.717, 1.165) is 30.6 Å². The van der Waals surface area contributed by atoms with Crippen LogP contribution < -0.4 is 4.72 Å². The molecule has 3 aromatic rings. The van der Waals surface area contributed by atoms with Gasteiger partial charge in [-0.15, -0.1) is 0 Å². The zero-order valence-corrected chi connectivity index (χ0v) is 18.4. The van der Waals surface area contributed by atoms with Crippen molar-refractivity contribution in [3.05, 3.63) is 88.9 Å². The Morgan fingerprint density at radius 1 is 1.03 bits per heavy atom. The van der Waals surface area contributed by atoms with E-state index in [4.69, 9.17) is 16.9 Å². The van der Waals surface area contributed by atoms with Crippen LogP contribution in [0.2, 0.25) is 5.02 Å². The first-order valence-electron chi connectivity index (χ1n) is 10.0. The van der Waals surface area contributed by atoms with Crippen molar-refractivity contribution in [3.63, 3.8) is 0 Å². The minimum absolute atomic E-state index is 0.126. The lowest BCUT2D eigenvalue weighted by Gasteiger charge is -2.17. The van der Waals surface area contributed by atoms with E-state index >= 15 is 0 Å². The highest BCUT2D eigenvalue weighted by Gasteiger charge is 2.27. The molecule has 0 radical (unpaired) electrons. The molecular weight excluding hydrogens is 430 g/mol. The summed E-state index contributed by atoms with van der Waals surface area (Å²) in [5, 5.41) is 9.72. The molecule has 5 nitrogen and oxygen atoms in total. The van der Waals surface area contributed by atoms with E-state index < -0.39 is 10.0 Å². The van der Waals surface area contributed by atoms with Gasteiger partial charge in [-0.1, -0.05) is 54.1 Å². The maximum atomic E-state index is 12.7. The Balaban J connectivity index is 1.36. The lowest BCUT2D eigenvalue weighted by atomic mass is 10.0. The molecule has 1 heterocycles. The number of sulfonamides is 1. The molecule has 1 fully saturated rings. The Bertz CT molecular complexity index is 1220. The third-order valence-electron chi connectivity index (χ3n) is 5.39. The van der Waals surface area contributed by atoms with Gasteiger partial charge in [0, 0.05) is 30.7 Å². The van der Waals surface area contributed by atoms with Crippen molar-refractivity contribution < 1.29 is 8.42 Å². The summed E-state index contributed by atoms with van der Waals surface area (Å²) >= 11 is 6.08. The van der Waals surface area contributed by atoms with Gasteiger partial charge in [0.2, 0.25) is 10.0 Å². The quantitative estimate of drug-likeness (QED) is 0.601. The van der Waals surface area contributed by atoms with Gasteiger partial charge < -0.3 is 0 Å². The minimum atomic E-state index is -3.65. The first kappa shape index (κ1) is 21.5. The fourth-order valence-corrected chi connectivity index (χ4v) is 5.32. The summed E-state index contributed by atoms with van der Waals surface area (Å²) in [7, 11) is -3.65. The van der Waals surface area contributed by atoms with Crippen LogP contribution in [0, 0.1) is 11.3 Å². The molecule has 4 rings (SSSR count). The van der Waals surface area contributed by atoms with Crippen LogP contribution in [-0.2, 0) is 16.6 Å². The zero-order valence-electron chi connectivity index (χ0n) is 16.8. The van der Waals surface area contributed by atoms with Crippen LogP contribution in [0.5, 0.6) is 0 Å². The van der Waals surface area contributed by atoms with Gasteiger partial charge in [-0.05, 0) is 53.4 Å². The second-order valence-electron chi connectivity index (χ2n) is 7.69. The van der Waals surface area contributed by atoms with Gasteiger partial charge in [-0.2, -0.15) is 5.26 Å². The third-order valence-corrected chi connectivity index (χ3v) is 7.14. The molecule has 158 valence electrons. The average Bonchev–Trinajstić information content (AvgIpc) is 3.20. The molecule has 0 spiro atoms. The van der Waals surface area contributed by atoms with E-state index in [1.807, 2.05) is 30.3 Å². The maximum absolute atomic E-state index is 12.7. The van der Waals surface area contributed by atoms with Gasteiger partial charge in [0.15, 0.2) is 0 Å². The van der Waals surface area contributed by atoms with Crippen molar-refractivity contribution in [2.24, 2.45) is 0 Å². The van der Waals surface area contributed by atoms with Crippen LogP contribution in [0.25, 0.3) is 11.1 Å². The number of hydrogen-bond donors (Lipinski definition) is 1. The summed E-state index contributed by atoms with van der Waals surface area (Å²) in [6.45, 7) is 2.23. The van der Waals surface area contributed by atoms with Gasteiger partial charge in [0.25, 0.3) is 0 Å². The average molecular weight is 452 g/mol. The number of nitrogens with zero attached hydrogens (tertiary/aromatic N) is 2. The largest absolute Gasteiger partial charge is 0.297 e. The molecule has 0 aliphatic carbocycles. The molecule has 0 saturated carbocycles. The molecule has 0 aromatic heterocycles. The normalized spacial score (nSPS) is 16.8. The Hall–Kier alpha value is -2.69. The number of nitriles is 1. The van der Waals surface area contributed by atoms with Gasteiger partial charge in [0.1, 0.15) is 0 Å². The molecular formula is C24H22ClN3O2S. The van der Waals surface area contributed by atoms with Crippen molar-refractivity contribution in [2.75, 3.05) is 13.1 Å². The summed E-state index contributed by atoms with van der Waals surface area (Å²) in [5.74, 6) is 0. The van der Waals surface area contributed by atoms with Crippen molar-refractivity contribution in [2.45, 2.75) is 23.9 Å². The van der Waals surface area contributed by atoms with Gasteiger partial charge in [-0.25, -0.2) is 13.1 Å². The van der Waals surface area contributed by atoms with Crippen LogP contribution >= 0.6 is 11.6 Å². The molecule has 3 aromatic carbocycles. The molecule has 7 heteroatoms. The van der Waals surface area contributed by atoms with Crippen LogP contribution in [0.3, 0.4) is 0 Å². The van der Waals surface area contributed by atoms with E-state index in [9.17, 15) is 8.42 Å². The topological polar surface area (TPSA) is 73.2 Å². The summed E-state index contributed by atoms with van der Waals surface area (Å²) in [6.07, 6.45) is 0.748. The van der Waals surface area contributed by atoms with E-state index in [1.165, 1.54) is 17.7 Å². The lowest BCUT2D eigenvalue weighted by molar-refractivity contribution is 0.324. The Kier molecular flexibility index (Phi) is 6.40. The summed E-state index contributed by atoms with van der Waals surface area (Å²) in [5.41, 5.74) is 3.70. The van der Waals surface area contributed by atoms with Gasteiger partial charge >= 0.3 is 0 Å². The van der Waals surface area contributed by atoms with Crippen LogP contribution in [-0.4, -0.2) is 32.4 Å². The van der Waals surface area contributed by atoms with Crippen molar-refractivity contribution in [3.8, 4) is 17.2 Å². The summed E-state index contributed by atoms with van der Waals surface area (Å²) in [4.78, 5) is 2.37. The number of benzene rings is 3. The molecule has 1 aliphatic rings. The van der Waals surface area contributed by atoms with Crippen molar-refractivity contribution in [1.29, 1.82) is 5.26 Å². The minimum Gasteiger partial charge on any atom is -0.297 e. The van der Waals surface area contributed by atoms with Crippen molar-refractivity contribution >= 4 is 21.6 Å². The lowest BCUT2D eigenvalue weighted by Crippen LogP contribution is -2.37. The monoisotopic (exact) mass is 451 g/mol. The molecule has 0 unspecified atom stereocenters. The maximum Gasteiger partial charge on any atom is 0.240 e. The molecule has 1 N–H and O–H groups in total.